The van der Waals surface area contributed by atoms with Crippen LogP contribution in [0.25, 0.3) is 0 Å². The highest BCUT2D eigenvalue weighted by Crippen LogP contribution is 2.26. The first-order valence-electron chi connectivity index (χ1n) is 5.78. The number of carbonyl (C=O) groups is 1. The lowest BCUT2D eigenvalue weighted by Gasteiger charge is -2.30. The van der Waals surface area contributed by atoms with Crippen molar-refractivity contribution in [3.63, 3.8) is 0 Å². The molecule has 0 aliphatic carbocycles. The molecule has 0 bridgehead atoms. The predicted octanol–water partition coefficient (Wildman–Crippen LogP) is 1.39. The Morgan fingerprint density at radius 3 is 2.44 bits per heavy atom. The summed E-state index contributed by atoms with van der Waals surface area (Å²) in [4.78, 5) is 13.9. The summed E-state index contributed by atoms with van der Waals surface area (Å²) < 4.78 is 10.9. The van der Waals surface area contributed by atoms with E-state index in [0.29, 0.717) is 26.2 Å². The number of amides is 1. The average molecular weight is 253 g/mol. The molecule has 0 aromatic carbocycles. The Morgan fingerprint density at radius 2 is 1.94 bits per heavy atom. The second-order valence-corrected chi connectivity index (χ2v) is 3.83. The van der Waals surface area contributed by atoms with Gasteiger partial charge in [-0.25, -0.2) is 0 Å². The lowest BCUT2D eigenvalue weighted by atomic mass is 10.1. The molecule has 0 spiro atoms. The van der Waals surface area contributed by atoms with E-state index in [9.17, 15) is 4.79 Å². The lowest BCUT2D eigenvalue weighted by molar-refractivity contribution is -0.191. The quantitative estimate of drug-likeness (QED) is 0.550. The van der Waals surface area contributed by atoms with E-state index < -0.39 is 5.79 Å². The maximum absolute atomic E-state index is 12.4. The first-order valence-corrected chi connectivity index (χ1v) is 5.78. The summed E-state index contributed by atoms with van der Waals surface area (Å²) in [5, 5.41) is 8.68. The molecule has 0 unspecified atom stereocenters. The highest BCUT2D eigenvalue weighted by atomic mass is 16.7. The summed E-state index contributed by atoms with van der Waals surface area (Å²) in [6.07, 6.45) is 5.87. The van der Waals surface area contributed by atoms with E-state index in [1.165, 1.54) is 11.0 Å². The fraction of sp³-hybridized carbons (Fsp3) is 0.462. The van der Waals surface area contributed by atoms with Crippen molar-refractivity contribution in [3.8, 4) is 0 Å². The van der Waals surface area contributed by atoms with Crippen molar-refractivity contribution in [2.75, 3.05) is 26.3 Å². The van der Waals surface area contributed by atoms with Gasteiger partial charge in [0.2, 0.25) is 0 Å². The van der Waals surface area contributed by atoms with Crippen LogP contribution in [-0.2, 0) is 14.3 Å². The molecule has 5 heteroatoms. The van der Waals surface area contributed by atoms with Crippen LogP contribution in [0.5, 0.6) is 0 Å². The third-order valence-electron chi connectivity index (χ3n) is 2.56. The van der Waals surface area contributed by atoms with Crippen LogP contribution in [0.3, 0.4) is 0 Å². The van der Waals surface area contributed by atoms with E-state index in [4.69, 9.17) is 14.6 Å². The summed E-state index contributed by atoms with van der Waals surface area (Å²) in [5.74, 6) is -1.55. The van der Waals surface area contributed by atoms with Crippen LogP contribution in [-0.4, -0.2) is 48.0 Å². The number of hydrogen-bond donors (Lipinski definition) is 1. The highest BCUT2D eigenvalue weighted by molar-refractivity contribution is 5.84. The smallest absolute Gasteiger partial charge is 0.283 e. The van der Waals surface area contributed by atoms with Gasteiger partial charge in [0, 0.05) is 19.5 Å². The Hall–Kier alpha value is -1.59. The van der Waals surface area contributed by atoms with Crippen molar-refractivity contribution in [1.29, 1.82) is 0 Å². The second-order valence-electron chi connectivity index (χ2n) is 3.83. The first-order chi connectivity index (χ1) is 8.70. The molecule has 1 saturated heterocycles. The number of ether oxygens (including phenoxy) is 2. The zero-order chi connectivity index (χ0) is 13.4. The largest absolute Gasteiger partial charge is 0.516 e. The van der Waals surface area contributed by atoms with Crippen molar-refractivity contribution >= 4 is 5.91 Å². The third kappa shape index (κ3) is 3.21. The van der Waals surface area contributed by atoms with E-state index in [0.717, 1.165) is 6.26 Å². The summed E-state index contributed by atoms with van der Waals surface area (Å²) >= 11 is 0. The Kier molecular flexibility index (Phi) is 5.61. The highest BCUT2D eigenvalue weighted by Gasteiger charge is 2.45. The number of aliphatic hydroxyl groups is 1. The van der Waals surface area contributed by atoms with E-state index in [-0.39, 0.29) is 12.5 Å². The van der Waals surface area contributed by atoms with Gasteiger partial charge in [0.1, 0.15) is 0 Å². The van der Waals surface area contributed by atoms with Gasteiger partial charge in [-0.3, -0.25) is 4.79 Å². The van der Waals surface area contributed by atoms with Crippen molar-refractivity contribution < 1.29 is 19.4 Å². The molecule has 0 radical (unpaired) electrons. The van der Waals surface area contributed by atoms with E-state index in [1.807, 2.05) is 0 Å². The Labute approximate surface area is 107 Å². The van der Waals surface area contributed by atoms with Crippen LogP contribution in [0.2, 0.25) is 0 Å². The molecule has 1 aliphatic heterocycles. The number of carbonyl (C=O) groups excluding carboxylic acids is 1. The first kappa shape index (κ1) is 14.5. The molecule has 0 saturated carbocycles. The van der Waals surface area contributed by atoms with Gasteiger partial charge in [0.05, 0.1) is 19.5 Å². The molecule has 1 heterocycles. The minimum Gasteiger partial charge on any atom is -0.516 e. The summed E-state index contributed by atoms with van der Waals surface area (Å²) in [5.41, 5.74) is 0. The molecule has 0 aromatic rings. The van der Waals surface area contributed by atoms with Gasteiger partial charge in [-0.1, -0.05) is 12.2 Å². The maximum atomic E-state index is 12.4. The Morgan fingerprint density at radius 1 is 1.28 bits per heavy atom. The van der Waals surface area contributed by atoms with Crippen LogP contribution >= 0.6 is 0 Å². The monoisotopic (exact) mass is 253 g/mol. The number of rotatable bonds is 7. The van der Waals surface area contributed by atoms with Gasteiger partial charge < -0.3 is 19.5 Å². The SMILES string of the molecule is C=CCN(CC=CO)C(=O)C1(CC=C)OCCO1. The van der Waals surface area contributed by atoms with E-state index in [2.05, 4.69) is 13.2 Å². The van der Waals surface area contributed by atoms with Gasteiger partial charge in [0.15, 0.2) is 0 Å². The van der Waals surface area contributed by atoms with Gasteiger partial charge >= 0.3 is 0 Å². The van der Waals surface area contributed by atoms with E-state index in [1.54, 1.807) is 12.2 Å². The third-order valence-corrected chi connectivity index (χ3v) is 2.56. The molecule has 0 atom stereocenters. The molecule has 5 nitrogen and oxygen atoms in total. The van der Waals surface area contributed by atoms with E-state index >= 15 is 0 Å². The lowest BCUT2D eigenvalue weighted by Crippen LogP contribution is -2.49. The fourth-order valence-corrected chi connectivity index (χ4v) is 1.78. The predicted molar refractivity (Wildman–Crippen MR) is 68.0 cm³/mol. The number of hydrogen-bond acceptors (Lipinski definition) is 4. The van der Waals surface area contributed by atoms with Crippen LogP contribution in [0.15, 0.2) is 37.6 Å². The Bertz CT molecular complexity index is 332. The van der Waals surface area contributed by atoms with Crippen molar-refractivity contribution in [2.45, 2.75) is 12.2 Å². The summed E-state index contributed by atoms with van der Waals surface area (Å²) in [7, 11) is 0. The topological polar surface area (TPSA) is 59.0 Å². The number of aliphatic hydroxyl groups excluding tert-OH is 1. The zero-order valence-electron chi connectivity index (χ0n) is 10.4. The molecular formula is C13H19NO4. The molecule has 1 amide bonds. The van der Waals surface area contributed by atoms with Gasteiger partial charge in [-0.05, 0) is 6.08 Å². The number of nitrogens with zero attached hydrogens (tertiary/aromatic N) is 1. The molecule has 18 heavy (non-hydrogen) atoms. The molecule has 1 rings (SSSR count). The van der Waals surface area contributed by atoms with Crippen LogP contribution < -0.4 is 0 Å². The standard InChI is InChI=1S/C13H19NO4/c1-3-6-13(17-10-11-18-13)12(16)14(7-4-2)8-5-9-15/h3-5,9,15H,1-2,6-8,10-11H2. The Balaban J connectivity index is 2.83. The van der Waals surface area contributed by atoms with Crippen LogP contribution in [0.1, 0.15) is 6.42 Å². The van der Waals surface area contributed by atoms with Crippen molar-refractivity contribution in [3.05, 3.63) is 37.6 Å². The average Bonchev–Trinajstić information content (AvgIpc) is 2.84. The van der Waals surface area contributed by atoms with Gasteiger partial charge in [-0.2, -0.15) is 0 Å². The molecule has 100 valence electrons. The minimum absolute atomic E-state index is 0.271. The zero-order valence-corrected chi connectivity index (χ0v) is 10.4. The van der Waals surface area contributed by atoms with Crippen molar-refractivity contribution in [1.82, 2.24) is 4.90 Å². The van der Waals surface area contributed by atoms with Crippen LogP contribution in [0.4, 0.5) is 0 Å². The minimum atomic E-state index is -1.27. The molecule has 1 aliphatic rings. The summed E-state index contributed by atoms with van der Waals surface area (Å²) in [6, 6.07) is 0. The molecular weight excluding hydrogens is 234 g/mol. The van der Waals surface area contributed by atoms with Gasteiger partial charge in [-0.15, -0.1) is 13.2 Å². The normalized spacial score (nSPS) is 17.8. The van der Waals surface area contributed by atoms with Crippen LogP contribution in [0, 0.1) is 0 Å². The molecule has 1 N–H and O–H groups in total. The molecule has 1 fully saturated rings. The second kappa shape index (κ2) is 6.98. The maximum Gasteiger partial charge on any atom is 0.283 e. The fourth-order valence-electron chi connectivity index (χ4n) is 1.78. The molecule has 0 aromatic heterocycles. The van der Waals surface area contributed by atoms with Gasteiger partial charge in [0.25, 0.3) is 11.7 Å². The van der Waals surface area contributed by atoms with Crippen molar-refractivity contribution in [2.24, 2.45) is 0 Å². The summed E-state index contributed by atoms with van der Waals surface area (Å²) in [6.45, 7) is 8.62.